The highest BCUT2D eigenvalue weighted by molar-refractivity contribution is 9.10. The zero-order valence-corrected chi connectivity index (χ0v) is 9.17. The fraction of sp³-hybridized carbons (Fsp3) is 0.429. The summed E-state index contributed by atoms with van der Waals surface area (Å²) in [6.45, 7) is 0. The number of hydrogen-bond acceptors (Lipinski definition) is 3. The zero-order chi connectivity index (χ0) is 10.2. The summed E-state index contributed by atoms with van der Waals surface area (Å²) < 4.78 is 2.77. The quantitative estimate of drug-likeness (QED) is 0.754. The number of aromatic nitrogens is 2. The van der Waals surface area contributed by atoms with Crippen LogP contribution in [0.15, 0.2) is 14.1 Å². The van der Waals surface area contributed by atoms with E-state index in [2.05, 4.69) is 21.2 Å². The molecule has 0 aromatic carbocycles. The van der Waals surface area contributed by atoms with Crippen LogP contribution in [0.3, 0.4) is 0 Å². The molecule has 0 atom stereocenters. The van der Waals surface area contributed by atoms with Crippen LogP contribution < -0.4 is 16.6 Å². The minimum Gasteiger partial charge on any atom is -0.373 e. The summed E-state index contributed by atoms with van der Waals surface area (Å²) >= 11 is 3.12. The van der Waals surface area contributed by atoms with E-state index in [1.165, 1.54) is 11.6 Å². The van der Waals surface area contributed by atoms with Gasteiger partial charge in [0.1, 0.15) is 10.3 Å². The predicted molar refractivity (Wildman–Crippen MR) is 54.2 cm³/mol. The molecule has 0 saturated heterocycles. The van der Waals surface area contributed by atoms with Gasteiger partial charge >= 0.3 is 5.69 Å². The van der Waals surface area contributed by atoms with Crippen LogP contribution in [0.5, 0.6) is 0 Å². The maximum atomic E-state index is 11.4. The summed E-state index contributed by atoms with van der Waals surface area (Å²) in [6.07, 6.45) is 0. The van der Waals surface area contributed by atoms with Gasteiger partial charge in [0.15, 0.2) is 0 Å². The molecule has 0 aliphatic heterocycles. The van der Waals surface area contributed by atoms with Gasteiger partial charge in [0, 0.05) is 21.1 Å². The number of anilines is 1. The predicted octanol–water partition coefficient (Wildman–Crippen LogP) is -0.112. The second-order valence-corrected chi connectivity index (χ2v) is 3.41. The fourth-order valence-corrected chi connectivity index (χ4v) is 1.81. The maximum Gasteiger partial charge on any atom is 0.332 e. The Balaban J connectivity index is 3.78. The van der Waals surface area contributed by atoms with Gasteiger partial charge in [0.25, 0.3) is 5.56 Å². The molecule has 1 aromatic heterocycles. The van der Waals surface area contributed by atoms with Crippen molar-refractivity contribution < 1.29 is 0 Å². The Hall–Kier alpha value is -1.04. The second-order valence-electron chi connectivity index (χ2n) is 2.62. The van der Waals surface area contributed by atoms with E-state index in [4.69, 9.17) is 0 Å². The van der Waals surface area contributed by atoms with Gasteiger partial charge in [-0.05, 0) is 15.9 Å². The Bertz CT molecular complexity index is 409. The molecule has 0 amide bonds. The van der Waals surface area contributed by atoms with Gasteiger partial charge in [-0.1, -0.05) is 0 Å². The van der Waals surface area contributed by atoms with E-state index < -0.39 is 0 Å². The first-order chi connectivity index (χ1) is 6.00. The minimum absolute atomic E-state index is 0.340. The molecular weight excluding hydrogens is 238 g/mol. The first kappa shape index (κ1) is 10.0. The molecule has 0 aliphatic rings. The van der Waals surface area contributed by atoms with E-state index in [1.807, 2.05) is 0 Å². The van der Waals surface area contributed by atoms with E-state index >= 15 is 0 Å². The van der Waals surface area contributed by atoms with E-state index in [0.717, 1.165) is 4.57 Å². The van der Waals surface area contributed by atoms with Crippen molar-refractivity contribution in [3.05, 3.63) is 25.3 Å². The Kier molecular flexibility index (Phi) is 2.60. The molecule has 13 heavy (non-hydrogen) atoms. The third-order valence-corrected chi connectivity index (χ3v) is 2.56. The molecule has 0 bridgehead atoms. The van der Waals surface area contributed by atoms with Crippen LogP contribution in [0.25, 0.3) is 0 Å². The highest BCUT2D eigenvalue weighted by Crippen LogP contribution is 2.13. The molecule has 5 nitrogen and oxygen atoms in total. The normalized spacial score (nSPS) is 10.2. The molecule has 0 aliphatic carbocycles. The molecule has 6 heteroatoms. The topological polar surface area (TPSA) is 56.0 Å². The highest BCUT2D eigenvalue weighted by atomic mass is 79.9. The van der Waals surface area contributed by atoms with Crippen molar-refractivity contribution in [2.75, 3.05) is 12.4 Å². The summed E-state index contributed by atoms with van der Waals surface area (Å²) in [6, 6.07) is 0. The summed E-state index contributed by atoms with van der Waals surface area (Å²) in [5, 5.41) is 2.78. The van der Waals surface area contributed by atoms with Crippen molar-refractivity contribution in [2.24, 2.45) is 14.1 Å². The van der Waals surface area contributed by atoms with Gasteiger partial charge in [-0.15, -0.1) is 0 Å². The Labute approximate surface area is 83.1 Å². The second kappa shape index (κ2) is 3.37. The number of rotatable bonds is 1. The van der Waals surface area contributed by atoms with Crippen molar-refractivity contribution in [1.82, 2.24) is 9.13 Å². The summed E-state index contributed by atoms with van der Waals surface area (Å²) in [4.78, 5) is 22.8. The number of hydrogen-bond donors (Lipinski definition) is 1. The van der Waals surface area contributed by atoms with Gasteiger partial charge in [0.2, 0.25) is 0 Å². The maximum absolute atomic E-state index is 11.4. The average Bonchev–Trinajstić information content (AvgIpc) is 2.13. The van der Waals surface area contributed by atoms with Gasteiger partial charge in [-0.3, -0.25) is 13.9 Å². The summed E-state index contributed by atoms with van der Waals surface area (Å²) in [7, 11) is 4.69. The number of halogens is 1. The molecule has 0 saturated carbocycles. The first-order valence-electron chi connectivity index (χ1n) is 3.64. The van der Waals surface area contributed by atoms with Crippen molar-refractivity contribution >= 4 is 21.7 Å². The molecule has 0 fully saturated rings. The van der Waals surface area contributed by atoms with Crippen LogP contribution in [-0.2, 0) is 14.1 Å². The lowest BCUT2D eigenvalue weighted by Crippen LogP contribution is -2.38. The van der Waals surface area contributed by atoms with Gasteiger partial charge in [-0.25, -0.2) is 4.79 Å². The van der Waals surface area contributed by atoms with Gasteiger partial charge in [0.05, 0.1) is 0 Å². The molecule has 1 N–H and O–H groups in total. The Morgan fingerprint density at radius 1 is 1.23 bits per heavy atom. The lowest BCUT2D eigenvalue weighted by Gasteiger charge is -2.10. The SMILES string of the molecule is CNc1c(Br)c(=O)n(C)c(=O)n1C. The highest BCUT2D eigenvalue weighted by Gasteiger charge is 2.10. The smallest absolute Gasteiger partial charge is 0.332 e. The molecule has 1 heterocycles. The van der Waals surface area contributed by atoms with Crippen LogP contribution in [0, 0.1) is 0 Å². The lowest BCUT2D eigenvalue weighted by atomic mass is 10.5. The third-order valence-electron chi connectivity index (χ3n) is 1.85. The average molecular weight is 248 g/mol. The third kappa shape index (κ3) is 1.41. The van der Waals surface area contributed by atoms with Crippen molar-refractivity contribution in [3.8, 4) is 0 Å². The van der Waals surface area contributed by atoms with Crippen LogP contribution in [0.4, 0.5) is 5.82 Å². The monoisotopic (exact) mass is 247 g/mol. The van der Waals surface area contributed by atoms with Crippen molar-refractivity contribution in [1.29, 1.82) is 0 Å². The van der Waals surface area contributed by atoms with E-state index in [1.54, 1.807) is 14.1 Å². The van der Waals surface area contributed by atoms with Crippen molar-refractivity contribution in [3.63, 3.8) is 0 Å². The minimum atomic E-state index is -0.349. The molecule has 1 aromatic rings. The van der Waals surface area contributed by atoms with Gasteiger partial charge < -0.3 is 5.32 Å². The molecule has 0 spiro atoms. The Morgan fingerprint density at radius 2 is 1.77 bits per heavy atom. The summed E-state index contributed by atoms with van der Waals surface area (Å²) in [5.74, 6) is 0.480. The Morgan fingerprint density at radius 3 is 2.23 bits per heavy atom. The molecule has 0 unspecified atom stereocenters. The van der Waals surface area contributed by atoms with E-state index in [0.29, 0.717) is 10.3 Å². The van der Waals surface area contributed by atoms with E-state index in [-0.39, 0.29) is 11.2 Å². The van der Waals surface area contributed by atoms with Crippen LogP contribution in [-0.4, -0.2) is 16.2 Å². The zero-order valence-electron chi connectivity index (χ0n) is 7.59. The molecular formula is C7H10BrN3O2. The number of nitrogens with one attached hydrogen (secondary N) is 1. The lowest BCUT2D eigenvalue weighted by molar-refractivity contribution is 0.686. The van der Waals surface area contributed by atoms with E-state index in [9.17, 15) is 9.59 Å². The fourth-order valence-electron chi connectivity index (χ4n) is 1.08. The molecule has 1 rings (SSSR count). The largest absolute Gasteiger partial charge is 0.373 e. The first-order valence-corrected chi connectivity index (χ1v) is 4.43. The standard InChI is InChI=1S/C7H10BrN3O2/c1-9-5-4(8)6(12)11(3)7(13)10(5)2/h9H,1-3H3. The number of nitrogens with zero attached hydrogens (tertiary/aromatic N) is 2. The van der Waals surface area contributed by atoms with Crippen LogP contribution in [0.2, 0.25) is 0 Å². The molecule has 0 radical (unpaired) electrons. The van der Waals surface area contributed by atoms with Crippen LogP contribution in [0.1, 0.15) is 0 Å². The van der Waals surface area contributed by atoms with Gasteiger partial charge in [-0.2, -0.15) is 0 Å². The molecule has 72 valence electrons. The van der Waals surface area contributed by atoms with Crippen LogP contribution >= 0.6 is 15.9 Å². The summed E-state index contributed by atoms with van der Waals surface area (Å²) in [5.41, 5.74) is -0.690. The van der Waals surface area contributed by atoms with Crippen molar-refractivity contribution in [2.45, 2.75) is 0 Å².